The van der Waals surface area contributed by atoms with Crippen molar-refractivity contribution in [1.29, 1.82) is 0 Å². The molecular weight excluding hydrogens is 179 g/mol. The molecule has 2 aliphatic carbocycles. The first-order chi connectivity index (χ1) is 5.23. The summed E-state index contributed by atoms with van der Waals surface area (Å²) in [6.45, 7) is 0. The minimum atomic E-state index is -0.416. The molecular formula is C9H12Cl2. The van der Waals surface area contributed by atoms with Crippen molar-refractivity contribution in [3.63, 3.8) is 0 Å². The zero-order valence-corrected chi connectivity index (χ0v) is 7.91. The van der Waals surface area contributed by atoms with E-state index in [1.54, 1.807) is 0 Å². The first kappa shape index (κ1) is 7.94. The number of fused-ring (bicyclic) bond motifs is 1. The van der Waals surface area contributed by atoms with Gasteiger partial charge in [0, 0.05) is 11.8 Å². The summed E-state index contributed by atoms with van der Waals surface area (Å²) in [7, 11) is 0. The molecule has 0 spiro atoms. The molecule has 2 heteroatoms. The number of rotatable bonds is 0. The highest BCUT2D eigenvalue weighted by Crippen LogP contribution is 2.62. The summed E-state index contributed by atoms with van der Waals surface area (Å²) in [5.41, 5.74) is 0. The Morgan fingerprint density at radius 3 is 2.91 bits per heavy atom. The van der Waals surface area contributed by atoms with Gasteiger partial charge in [0.25, 0.3) is 0 Å². The van der Waals surface area contributed by atoms with Crippen LogP contribution in [0, 0.1) is 11.8 Å². The lowest BCUT2D eigenvalue weighted by Gasteiger charge is -1.99. The van der Waals surface area contributed by atoms with Crippen LogP contribution in [0.2, 0.25) is 0 Å². The van der Waals surface area contributed by atoms with Crippen molar-refractivity contribution < 1.29 is 0 Å². The number of alkyl halides is 2. The van der Waals surface area contributed by atoms with Crippen molar-refractivity contribution in [2.24, 2.45) is 11.8 Å². The maximum atomic E-state index is 6.07. The van der Waals surface area contributed by atoms with Gasteiger partial charge in [-0.05, 0) is 19.3 Å². The van der Waals surface area contributed by atoms with E-state index in [0.717, 1.165) is 0 Å². The SMILES string of the molecule is ClC1(Cl)[C@@H]2CCCCC=C[C@@H]21. The average Bonchev–Trinajstić information content (AvgIpc) is 2.29. The molecule has 0 aromatic heterocycles. The minimum absolute atomic E-state index is 0.416. The third-order valence-electron chi connectivity index (χ3n) is 2.74. The van der Waals surface area contributed by atoms with Crippen molar-refractivity contribution in [2.75, 3.05) is 0 Å². The maximum Gasteiger partial charge on any atom is 0.128 e. The summed E-state index contributed by atoms with van der Waals surface area (Å²) < 4.78 is -0.416. The predicted octanol–water partition coefficient (Wildman–Crippen LogP) is 3.54. The van der Waals surface area contributed by atoms with Crippen molar-refractivity contribution >= 4 is 23.2 Å². The Labute approximate surface area is 77.6 Å². The van der Waals surface area contributed by atoms with E-state index in [1.807, 2.05) is 0 Å². The predicted molar refractivity (Wildman–Crippen MR) is 49.0 cm³/mol. The van der Waals surface area contributed by atoms with Crippen molar-refractivity contribution in [3.05, 3.63) is 12.2 Å². The third kappa shape index (κ3) is 1.31. The molecule has 11 heavy (non-hydrogen) atoms. The van der Waals surface area contributed by atoms with Crippen LogP contribution in [0.5, 0.6) is 0 Å². The smallest absolute Gasteiger partial charge is 0.101 e. The Hall–Kier alpha value is 0.320. The Balaban J connectivity index is 2.07. The van der Waals surface area contributed by atoms with E-state index in [1.165, 1.54) is 25.7 Å². The first-order valence-corrected chi connectivity index (χ1v) is 5.03. The van der Waals surface area contributed by atoms with Crippen LogP contribution in [-0.2, 0) is 0 Å². The van der Waals surface area contributed by atoms with Crippen molar-refractivity contribution in [3.8, 4) is 0 Å². The molecule has 0 saturated heterocycles. The van der Waals surface area contributed by atoms with Gasteiger partial charge < -0.3 is 0 Å². The van der Waals surface area contributed by atoms with E-state index in [4.69, 9.17) is 23.2 Å². The monoisotopic (exact) mass is 190 g/mol. The van der Waals surface area contributed by atoms with Crippen molar-refractivity contribution in [1.82, 2.24) is 0 Å². The van der Waals surface area contributed by atoms with Crippen LogP contribution >= 0.6 is 23.2 Å². The second kappa shape index (κ2) is 2.67. The molecule has 0 aromatic rings. The van der Waals surface area contributed by atoms with Gasteiger partial charge in [0.05, 0.1) is 0 Å². The van der Waals surface area contributed by atoms with Gasteiger partial charge in [0.2, 0.25) is 0 Å². The molecule has 2 rings (SSSR count). The van der Waals surface area contributed by atoms with Crippen molar-refractivity contribution in [2.45, 2.75) is 30.0 Å². The van der Waals surface area contributed by atoms with E-state index in [9.17, 15) is 0 Å². The zero-order chi connectivity index (χ0) is 7.90. The summed E-state index contributed by atoms with van der Waals surface area (Å²) in [6.07, 6.45) is 9.42. The fourth-order valence-corrected chi connectivity index (χ4v) is 2.73. The van der Waals surface area contributed by atoms with Crippen LogP contribution in [0.4, 0.5) is 0 Å². The normalized spacial score (nSPS) is 40.5. The van der Waals surface area contributed by atoms with E-state index < -0.39 is 4.33 Å². The van der Waals surface area contributed by atoms with Gasteiger partial charge in [-0.25, -0.2) is 0 Å². The van der Waals surface area contributed by atoms with E-state index in [-0.39, 0.29) is 0 Å². The summed E-state index contributed by atoms with van der Waals surface area (Å²) >= 11 is 12.1. The number of hydrogen-bond donors (Lipinski definition) is 0. The molecule has 1 saturated carbocycles. The topological polar surface area (TPSA) is 0 Å². The lowest BCUT2D eigenvalue weighted by atomic mass is 10.1. The lowest BCUT2D eigenvalue weighted by Crippen LogP contribution is -1.89. The molecule has 0 aromatic carbocycles. The van der Waals surface area contributed by atoms with E-state index >= 15 is 0 Å². The number of halogens is 2. The molecule has 0 radical (unpaired) electrons. The molecule has 2 aliphatic rings. The fraction of sp³-hybridized carbons (Fsp3) is 0.778. The van der Waals surface area contributed by atoms with Gasteiger partial charge in [0.1, 0.15) is 4.33 Å². The van der Waals surface area contributed by atoms with Crippen LogP contribution in [0.25, 0.3) is 0 Å². The molecule has 2 atom stereocenters. The molecule has 0 nitrogen and oxygen atoms in total. The molecule has 62 valence electrons. The minimum Gasteiger partial charge on any atom is -0.101 e. The van der Waals surface area contributed by atoms with E-state index in [2.05, 4.69) is 12.2 Å². The summed E-state index contributed by atoms with van der Waals surface area (Å²) in [6, 6.07) is 0. The molecule has 0 bridgehead atoms. The Morgan fingerprint density at radius 2 is 2.09 bits per heavy atom. The maximum absolute atomic E-state index is 6.07. The first-order valence-electron chi connectivity index (χ1n) is 4.27. The zero-order valence-electron chi connectivity index (χ0n) is 6.39. The van der Waals surface area contributed by atoms with Crippen LogP contribution in [0.3, 0.4) is 0 Å². The Bertz CT molecular complexity index is 184. The second-order valence-electron chi connectivity index (χ2n) is 3.52. The van der Waals surface area contributed by atoms with Gasteiger partial charge in [-0.3, -0.25) is 0 Å². The van der Waals surface area contributed by atoms with Crippen LogP contribution < -0.4 is 0 Å². The second-order valence-corrected chi connectivity index (χ2v) is 4.96. The summed E-state index contributed by atoms with van der Waals surface area (Å²) in [5, 5.41) is 0. The Morgan fingerprint density at radius 1 is 1.27 bits per heavy atom. The van der Waals surface area contributed by atoms with Crippen LogP contribution in [0.15, 0.2) is 12.2 Å². The number of hydrogen-bond acceptors (Lipinski definition) is 0. The number of allylic oxidation sites excluding steroid dienone is 2. The molecule has 1 fully saturated rings. The van der Waals surface area contributed by atoms with Crippen LogP contribution in [-0.4, -0.2) is 4.33 Å². The quantitative estimate of drug-likeness (QED) is 0.405. The van der Waals surface area contributed by atoms with Gasteiger partial charge in [-0.2, -0.15) is 0 Å². The fourth-order valence-electron chi connectivity index (χ4n) is 1.92. The van der Waals surface area contributed by atoms with Gasteiger partial charge in [-0.15, -0.1) is 23.2 Å². The molecule has 0 unspecified atom stereocenters. The summed E-state index contributed by atoms with van der Waals surface area (Å²) in [5.74, 6) is 0.994. The highest BCUT2D eigenvalue weighted by atomic mass is 35.5. The van der Waals surface area contributed by atoms with E-state index in [0.29, 0.717) is 11.8 Å². The molecule has 0 amide bonds. The van der Waals surface area contributed by atoms with Gasteiger partial charge in [0.15, 0.2) is 0 Å². The summed E-state index contributed by atoms with van der Waals surface area (Å²) in [4.78, 5) is 0. The lowest BCUT2D eigenvalue weighted by molar-refractivity contribution is 0.603. The Kier molecular flexibility index (Phi) is 1.93. The largest absolute Gasteiger partial charge is 0.128 e. The standard InChI is InChI=1S/C9H12Cl2/c10-9(11)7-5-3-1-2-4-6-8(7)9/h3,5,7-8H,1-2,4,6H2/t7-,8+/m0/s1. The molecule has 0 aliphatic heterocycles. The molecule has 0 N–H and O–H groups in total. The molecule has 0 heterocycles. The highest BCUT2D eigenvalue weighted by Gasteiger charge is 2.60. The third-order valence-corrected chi connectivity index (χ3v) is 3.81. The van der Waals surface area contributed by atoms with Crippen LogP contribution in [0.1, 0.15) is 25.7 Å². The highest BCUT2D eigenvalue weighted by molar-refractivity contribution is 6.51. The average molecular weight is 191 g/mol. The van der Waals surface area contributed by atoms with Gasteiger partial charge in [-0.1, -0.05) is 18.6 Å². The van der Waals surface area contributed by atoms with Gasteiger partial charge >= 0.3 is 0 Å².